The fraction of sp³-hybridized carbons (Fsp3) is 0.667. The Morgan fingerprint density at radius 3 is 0.618 bits per heavy atom. The van der Waals surface area contributed by atoms with Crippen LogP contribution in [0.2, 0.25) is 0 Å². The first-order valence-electron chi connectivity index (χ1n) is 24.5. The van der Waals surface area contributed by atoms with Crippen molar-refractivity contribution in [3.63, 3.8) is 0 Å². The molecular formula is C54H88Si. The minimum Gasteiger partial charge on any atom is -0.0654 e. The zero-order chi connectivity index (χ0) is 38.9. The fourth-order valence-electron chi connectivity index (χ4n) is 8.66. The molecule has 3 rings (SSSR count). The van der Waals surface area contributed by atoms with Gasteiger partial charge in [-0.1, -0.05) is 282 Å². The van der Waals surface area contributed by atoms with Gasteiger partial charge in [-0.2, -0.15) is 0 Å². The number of hydrogen-bond donors (Lipinski definition) is 0. The summed E-state index contributed by atoms with van der Waals surface area (Å²) in [5.41, 5.74) is 4.57. The van der Waals surface area contributed by atoms with Crippen molar-refractivity contribution in [2.24, 2.45) is 0 Å². The Balaban J connectivity index is 1.52. The summed E-state index contributed by atoms with van der Waals surface area (Å²) < 4.78 is 0. The maximum absolute atomic E-state index is 2.50. The summed E-state index contributed by atoms with van der Waals surface area (Å²) in [6.45, 7) is 6.93. The molecule has 0 heterocycles. The topological polar surface area (TPSA) is 0 Å². The highest BCUT2D eigenvalue weighted by Gasteiger charge is 2.19. The maximum Gasteiger partial charge on any atom is 0.132 e. The van der Waals surface area contributed by atoms with E-state index in [9.17, 15) is 0 Å². The predicted octanol–water partition coefficient (Wildman–Crippen LogP) is 15.3. The molecule has 0 bridgehead atoms. The summed E-state index contributed by atoms with van der Waals surface area (Å²) in [6.07, 6.45) is 45.9. The molecule has 0 unspecified atom stereocenters. The lowest BCUT2D eigenvalue weighted by Gasteiger charge is -2.19. The van der Waals surface area contributed by atoms with Crippen LogP contribution >= 0.6 is 0 Å². The van der Waals surface area contributed by atoms with Gasteiger partial charge in [0.2, 0.25) is 0 Å². The van der Waals surface area contributed by atoms with Crippen molar-refractivity contribution in [2.45, 2.75) is 233 Å². The van der Waals surface area contributed by atoms with E-state index < -0.39 is 8.80 Å². The molecule has 0 aliphatic rings. The quantitative estimate of drug-likeness (QED) is 0.0314. The van der Waals surface area contributed by atoms with Gasteiger partial charge >= 0.3 is 0 Å². The second kappa shape index (κ2) is 32.9. The highest BCUT2D eigenvalue weighted by atomic mass is 28.3. The van der Waals surface area contributed by atoms with Gasteiger partial charge in [0.15, 0.2) is 0 Å². The Morgan fingerprint density at radius 1 is 0.236 bits per heavy atom. The van der Waals surface area contributed by atoms with Gasteiger partial charge in [0.1, 0.15) is 8.80 Å². The largest absolute Gasteiger partial charge is 0.132 e. The molecule has 0 saturated carbocycles. The Bertz CT molecular complexity index is 1100. The Hall–Kier alpha value is -2.12. The zero-order valence-corrected chi connectivity index (χ0v) is 38.0. The molecule has 3 aromatic rings. The molecule has 0 aromatic heterocycles. The van der Waals surface area contributed by atoms with E-state index in [2.05, 4.69) is 93.6 Å². The first-order valence-corrected chi connectivity index (χ1v) is 26.2. The molecule has 55 heavy (non-hydrogen) atoms. The van der Waals surface area contributed by atoms with Crippen molar-refractivity contribution in [2.75, 3.05) is 0 Å². The van der Waals surface area contributed by atoms with E-state index in [1.807, 2.05) is 0 Å². The third-order valence-electron chi connectivity index (χ3n) is 12.4. The van der Waals surface area contributed by atoms with E-state index in [1.54, 1.807) is 15.6 Å². The van der Waals surface area contributed by atoms with Crippen molar-refractivity contribution in [1.82, 2.24) is 0 Å². The fourth-order valence-corrected chi connectivity index (χ4v) is 11.5. The van der Waals surface area contributed by atoms with Crippen LogP contribution in [0.3, 0.4) is 0 Å². The number of hydrogen-bond acceptors (Lipinski definition) is 0. The van der Waals surface area contributed by atoms with Crippen molar-refractivity contribution in [3.05, 3.63) is 89.5 Å². The first kappa shape index (κ1) is 47.3. The highest BCUT2D eigenvalue weighted by Crippen LogP contribution is 2.16. The summed E-state index contributed by atoms with van der Waals surface area (Å²) in [5, 5.41) is 4.70. The normalized spacial score (nSPS) is 11.6. The summed E-state index contributed by atoms with van der Waals surface area (Å²) in [5.74, 6) is 0. The smallest absolute Gasteiger partial charge is 0.0654 e. The minimum absolute atomic E-state index is 1.23. The van der Waals surface area contributed by atoms with Crippen molar-refractivity contribution < 1.29 is 0 Å². The van der Waals surface area contributed by atoms with Gasteiger partial charge in [-0.25, -0.2) is 0 Å². The highest BCUT2D eigenvalue weighted by molar-refractivity contribution is 6.95. The van der Waals surface area contributed by atoms with Gasteiger partial charge in [-0.15, -0.1) is 0 Å². The zero-order valence-electron chi connectivity index (χ0n) is 36.8. The number of aryl methyl sites for hydroxylation is 3. The molecule has 0 saturated heterocycles. The number of benzene rings is 3. The Labute approximate surface area is 345 Å². The molecule has 0 nitrogen and oxygen atoms in total. The lowest BCUT2D eigenvalue weighted by molar-refractivity contribution is 0.556. The predicted molar refractivity (Wildman–Crippen MR) is 252 cm³/mol. The second-order valence-electron chi connectivity index (χ2n) is 17.5. The molecule has 0 aliphatic heterocycles. The van der Waals surface area contributed by atoms with Gasteiger partial charge in [0.25, 0.3) is 0 Å². The molecule has 0 radical (unpaired) electrons. The number of rotatable bonds is 36. The molecule has 0 fully saturated rings. The van der Waals surface area contributed by atoms with Crippen LogP contribution in [0, 0.1) is 0 Å². The average molecular weight is 765 g/mol. The van der Waals surface area contributed by atoms with Crippen LogP contribution in [-0.2, 0) is 19.3 Å². The SMILES string of the molecule is CCCCCCCCCCCCc1ccc([SiH](c2ccc(CCCCCCCCCCCC)cc2)c2ccc(CCCCCCCCCCCC)cc2)cc1. The van der Waals surface area contributed by atoms with E-state index in [1.165, 1.54) is 229 Å². The molecule has 0 amide bonds. The molecular weight excluding hydrogens is 677 g/mol. The van der Waals surface area contributed by atoms with E-state index in [4.69, 9.17) is 0 Å². The van der Waals surface area contributed by atoms with Crippen LogP contribution in [0.5, 0.6) is 0 Å². The molecule has 0 N–H and O–H groups in total. The second-order valence-corrected chi connectivity index (χ2v) is 20.3. The van der Waals surface area contributed by atoms with E-state index in [-0.39, 0.29) is 0 Å². The van der Waals surface area contributed by atoms with Crippen LogP contribution in [0.1, 0.15) is 230 Å². The lowest BCUT2D eigenvalue weighted by Crippen LogP contribution is -2.52. The van der Waals surface area contributed by atoms with Crippen LogP contribution in [0.4, 0.5) is 0 Å². The third-order valence-corrected chi connectivity index (χ3v) is 15.6. The van der Waals surface area contributed by atoms with E-state index >= 15 is 0 Å². The molecule has 0 spiro atoms. The molecule has 0 atom stereocenters. The maximum atomic E-state index is 2.50. The molecule has 0 aliphatic carbocycles. The summed E-state index contributed by atoms with van der Waals surface area (Å²) in [7, 11) is -1.54. The monoisotopic (exact) mass is 765 g/mol. The Kier molecular flexibility index (Phi) is 28.3. The van der Waals surface area contributed by atoms with E-state index in [0.717, 1.165) is 0 Å². The summed E-state index contributed by atoms with van der Waals surface area (Å²) >= 11 is 0. The van der Waals surface area contributed by atoms with Crippen LogP contribution in [-0.4, -0.2) is 8.80 Å². The summed E-state index contributed by atoms with van der Waals surface area (Å²) in [6, 6.07) is 29.8. The molecule has 308 valence electrons. The van der Waals surface area contributed by atoms with Crippen LogP contribution < -0.4 is 15.6 Å². The number of unbranched alkanes of at least 4 members (excludes halogenated alkanes) is 27. The van der Waals surface area contributed by atoms with Gasteiger partial charge in [-0.3, -0.25) is 0 Å². The molecule has 3 aromatic carbocycles. The molecule has 1 heteroatoms. The third kappa shape index (κ3) is 22.4. The van der Waals surface area contributed by atoms with Crippen molar-refractivity contribution in [3.8, 4) is 0 Å². The van der Waals surface area contributed by atoms with E-state index in [0.29, 0.717) is 0 Å². The minimum atomic E-state index is -1.54. The van der Waals surface area contributed by atoms with Gasteiger partial charge < -0.3 is 0 Å². The standard InChI is InChI=1S/C54H88Si/c1-4-7-10-13-16-19-22-25-28-31-34-49-37-43-52(44-38-49)55(53-45-39-50(40-46-53)35-32-29-26-23-20-17-14-11-8-5-2)54-47-41-51(42-48-54)36-33-30-27-24-21-18-15-12-9-6-3/h37-48,55H,4-36H2,1-3H3. The van der Waals surface area contributed by atoms with Crippen LogP contribution in [0.25, 0.3) is 0 Å². The summed E-state index contributed by atoms with van der Waals surface area (Å²) in [4.78, 5) is 0. The van der Waals surface area contributed by atoms with Crippen molar-refractivity contribution >= 4 is 24.4 Å². The van der Waals surface area contributed by atoms with Crippen molar-refractivity contribution in [1.29, 1.82) is 0 Å². The van der Waals surface area contributed by atoms with Crippen LogP contribution in [0.15, 0.2) is 72.8 Å². The van der Waals surface area contributed by atoms with Gasteiger partial charge in [0.05, 0.1) is 0 Å². The van der Waals surface area contributed by atoms with Gasteiger partial charge in [-0.05, 0) is 55.2 Å². The first-order chi connectivity index (χ1) is 27.2. The lowest BCUT2D eigenvalue weighted by atomic mass is 10.0. The van der Waals surface area contributed by atoms with Gasteiger partial charge in [0, 0.05) is 0 Å². The average Bonchev–Trinajstić information content (AvgIpc) is 3.21. The Morgan fingerprint density at radius 2 is 0.418 bits per heavy atom.